The molecule has 0 spiro atoms. The first kappa shape index (κ1) is 72.7. The molecule has 5 aromatic rings. The number of aliphatic imine (C=N–C) groups is 2. The van der Waals surface area contributed by atoms with Crippen LogP contribution in [0.1, 0.15) is 164 Å². The monoisotopic (exact) mass is 1220 g/mol. The Morgan fingerprint density at radius 3 is 1.18 bits per heavy atom. The van der Waals surface area contributed by atoms with Gasteiger partial charge in [-0.05, 0) is 92.9 Å². The van der Waals surface area contributed by atoms with Gasteiger partial charge in [0.25, 0.3) is 0 Å². The molecule has 9 nitrogen and oxygen atoms in total. The summed E-state index contributed by atoms with van der Waals surface area (Å²) in [5.74, 6) is 0.263. The number of benzene rings is 5. The summed E-state index contributed by atoms with van der Waals surface area (Å²) in [5.41, 5.74) is 7.61. The molecule has 5 aromatic carbocycles. The molecule has 1 saturated carbocycles. The summed E-state index contributed by atoms with van der Waals surface area (Å²) in [6.07, 6.45) is 7.53. The first-order valence-electron chi connectivity index (χ1n) is 27.2. The van der Waals surface area contributed by atoms with Crippen molar-refractivity contribution >= 4 is 30.3 Å². The average Bonchev–Trinajstić information content (AvgIpc) is 3.32. The zero-order valence-electron chi connectivity index (χ0n) is 51.3. The van der Waals surface area contributed by atoms with Gasteiger partial charge in [-0.1, -0.05) is 260 Å². The Morgan fingerprint density at radius 2 is 0.897 bits per heavy atom. The molecule has 1 fully saturated rings. The zero-order valence-corrected chi connectivity index (χ0v) is 59.1. The standard InChI is InChI=1S/C33H53NO3.C22H26N2O2.C6H6.C4H12NSi2.Y.Zn/c1-30(2,3)24-16-22(28(35)26(18-24)32(7,8)9)20-34(14-15-37-13)21-23-17-25(31(4,5)6)19-27(29(23)36)33(10,11)12;1-15-7-5-9-17(21(15)25)13-23-19-11-3-4-12-20(19)24-14-18-10-6-8-16(2)22(18)26;1-2-4-6-5-3-1;1-6(2)5-7(3)4;;/h16-19,35-36H,14-15,20-21H2,1-13H3;5-10,13-14,19-20,25-26H,3-4,11-12H2,1-2H3;1-6H;1-4H3;;/q;;;-1;+3;+2/p-4/t;19-,20-;;;;/m.1..../s1. The van der Waals surface area contributed by atoms with Crippen molar-refractivity contribution in [1.29, 1.82) is 0 Å². The molecule has 78 heavy (non-hydrogen) atoms. The third-order valence-electron chi connectivity index (χ3n) is 13.2. The number of hydrogen-bond acceptors (Lipinski definition) is 8. The fourth-order valence-electron chi connectivity index (χ4n) is 8.69. The zero-order chi connectivity index (χ0) is 57.2. The second kappa shape index (κ2) is 33.6. The van der Waals surface area contributed by atoms with E-state index in [2.05, 4.69) is 153 Å². The molecule has 0 aromatic heterocycles. The van der Waals surface area contributed by atoms with Crippen LogP contribution in [-0.4, -0.2) is 67.6 Å². The topological polar surface area (TPSA) is 144 Å². The molecule has 13 heteroatoms. The maximum Gasteiger partial charge on any atom is 3.00 e. The van der Waals surface area contributed by atoms with Gasteiger partial charge in [0.2, 0.25) is 0 Å². The minimum atomic E-state index is -0.264. The van der Waals surface area contributed by atoms with E-state index in [1.165, 1.54) is 0 Å². The van der Waals surface area contributed by atoms with Crippen molar-refractivity contribution in [2.75, 3.05) is 20.3 Å². The van der Waals surface area contributed by atoms with Crippen LogP contribution in [-0.2, 0) is 91.7 Å². The largest absolute Gasteiger partial charge is 3.00 e. The van der Waals surface area contributed by atoms with Crippen LogP contribution in [0.25, 0.3) is 4.65 Å². The molecule has 6 rings (SSSR count). The van der Waals surface area contributed by atoms with Gasteiger partial charge in [-0.25, -0.2) is 0 Å². The second-order valence-corrected chi connectivity index (χ2v) is 29.5. The number of ether oxygens (including phenoxy) is 1. The molecular formula is C65H93N4O5Si2YZn. The van der Waals surface area contributed by atoms with Crippen LogP contribution in [0.15, 0.2) is 107 Å². The van der Waals surface area contributed by atoms with E-state index in [9.17, 15) is 20.4 Å². The van der Waals surface area contributed by atoms with E-state index in [0.717, 1.165) is 70.2 Å². The van der Waals surface area contributed by atoms with Gasteiger partial charge < -0.3 is 29.8 Å². The molecule has 0 aliphatic heterocycles. The summed E-state index contributed by atoms with van der Waals surface area (Å²) >= 11 is 0. The maximum atomic E-state index is 13.7. The van der Waals surface area contributed by atoms with Crippen LogP contribution in [0.2, 0.25) is 26.2 Å². The van der Waals surface area contributed by atoms with Crippen molar-refractivity contribution in [2.45, 2.75) is 196 Å². The Labute approximate surface area is 514 Å². The molecule has 1 aliphatic carbocycles. The third kappa shape index (κ3) is 24.4. The third-order valence-corrected chi connectivity index (χ3v) is 16.8. The Kier molecular flexibility index (Phi) is 31.3. The van der Waals surface area contributed by atoms with Crippen LogP contribution in [0.5, 0.6) is 23.0 Å². The predicted octanol–water partition coefficient (Wildman–Crippen LogP) is 13.5. The molecule has 0 amide bonds. The fraction of sp³-hybridized carbons (Fsp3) is 0.508. The molecule has 0 N–H and O–H groups in total. The smallest absolute Gasteiger partial charge is 0.872 e. The van der Waals surface area contributed by atoms with Gasteiger partial charge in [-0.2, -0.15) is 0 Å². The summed E-state index contributed by atoms with van der Waals surface area (Å²) in [6.45, 7) is 40.3. The van der Waals surface area contributed by atoms with Gasteiger partial charge in [-0.3, -0.25) is 14.9 Å². The van der Waals surface area contributed by atoms with Gasteiger partial charge in [0.05, 0.1) is 18.7 Å². The number of aryl methyl sites for hydroxylation is 2. The first-order valence-corrected chi connectivity index (χ1v) is 32.1. The van der Waals surface area contributed by atoms with Crippen LogP contribution >= 0.6 is 0 Å². The Hall–Kier alpha value is -3.32. The van der Waals surface area contributed by atoms with Crippen molar-refractivity contribution in [3.63, 3.8) is 0 Å². The normalized spacial score (nSPS) is 14.9. The van der Waals surface area contributed by atoms with Gasteiger partial charge in [-0.15, -0.1) is 11.5 Å². The second-order valence-electron chi connectivity index (χ2n) is 24.9. The molecule has 0 unspecified atom stereocenters. The van der Waals surface area contributed by atoms with E-state index in [-0.39, 0.29) is 127 Å². The van der Waals surface area contributed by atoms with Crippen molar-refractivity contribution in [3.05, 3.63) is 157 Å². The summed E-state index contributed by atoms with van der Waals surface area (Å²) in [7, 11) is 1.16. The number of methoxy groups -OCH3 is 1. The summed E-state index contributed by atoms with van der Waals surface area (Å²) in [6, 6.07) is 31.4. The molecule has 2 radical (unpaired) electrons. The van der Waals surface area contributed by atoms with Crippen molar-refractivity contribution in [2.24, 2.45) is 9.98 Å². The molecule has 0 saturated heterocycles. The fourth-order valence-corrected chi connectivity index (χ4v) is 12.3. The maximum absolute atomic E-state index is 13.7. The van der Waals surface area contributed by atoms with E-state index in [0.29, 0.717) is 37.4 Å². The average molecular weight is 1220 g/mol. The Balaban J connectivity index is 0.000000637. The van der Waals surface area contributed by atoms with E-state index in [1.807, 2.05) is 74.5 Å². The number of hydrogen-bond donors (Lipinski definition) is 0. The van der Waals surface area contributed by atoms with Crippen LogP contribution in [0.4, 0.5) is 0 Å². The van der Waals surface area contributed by atoms with Gasteiger partial charge in [0.1, 0.15) is 0 Å². The van der Waals surface area contributed by atoms with Gasteiger partial charge >= 0.3 is 52.2 Å². The quantitative estimate of drug-likeness (QED) is 0.0848. The Bertz CT molecular complexity index is 2430. The summed E-state index contributed by atoms with van der Waals surface area (Å²) < 4.78 is 9.90. The van der Waals surface area contributed by atoms with Gasteiger partial charge in [0.15, 0.2) is 0 Å². The van der Waals surface area contributed by atoms with E-state index in [4.69, 9.17) is 4.74 Å². The molecule has 1 aliphatic rings. The predicted molar refractivity (Wildman–Crippen MR) is 320 cm³/mol. The SMILES string of the molecule is COCCN(Cc1cc(C(C)(C)C)cc(C(C)(C)C)c1[O-])Cc1cc(C(C)(C)C)cc(C(C)(C)C)c1[O-].C[Si](C)[N-][Si](C)C.Cc1cccc(C=N[C@@H]2CCCC[C@H]2N=Cc2cccc(C)c2[O-])c1[O-].[Y+3].[Zn+2].c1ccccc1. The summed E-state index contributed by atoms with van der Waals surface area (Å²) in [4.78, 5) is 11.5. The molecule has 0 bridgehead atoms. The minimum absolute atomic E-state index is 0. The first-order chi connectivity index (χ1) is 35.3. The molecule has 416 valence electrons. The van der Waals surface area contributed by atoms with E-state index < -0.39 is 0 Å². The molecular weight excluding hydrogens is 1130 g/mol. The number of para-hydroxylation sites is 2. The van der Waals surface area contributed by atoms with Crippen molar-refractivity contribution < 1.29 is 77.4 Å². The molecule has 0 heterocycles. The van der Waals surface area contributed by atoms with Gasteiger partial charge in [0, 0.05) is 39.2 Å². The van der Waals surface area contributed by atoms with E-state index in [1.54, 1.807) is 31.7 Å². The van der Waals surface area contributed by atoms with Crippen LogP contribution in [0, 0.1) is 13.8 Å². The van der Waals surface area contributed by atoms with Crippen molar-refractivity contribution in [3.8, 4) is 23.0 Å². The summed E-state index contributed by atoms with van der Waals surface area (Å²) in [5, 5.41) is 51.6. The number of rotatable bonds is 13. The van der Waals surface area contributed by atoms with E-state index >= 15 is 0 Å². The van der Waals surface area contributed by atoms with Crippen LogP contribution < -0.4 is 20.4 Å². The minimum Gasteiger partial charge on any atom is -0.872 e. The Morgan fingerprint density at radius 1 is 0.551 bits per heavy atom. The molecule has 2 atom stereocenters. The van der Waals surface area contributed by atoms with Crippen molar-refractivity contribution in [1.82, 2.24) is 4.90 Å². The van der Waals surface area contributed by atoms with Crippen LogP contribution in [0.3, 0.4) is 0 Å². The number of nitrogens with zero attached hydrogens (tertiary/aromatic N) is 4.